The van der Waals surface area contributed by atoms with Gasteiger partial charge in [0, 0.05) is 48.9 Å². The minimum atomic E-state index is -0.0902. The largest absolute Gasteiger partial charge is 0.369 e. The molecule has 34 heavy (non-hydrogen) atoms. The van der Waals surface area contributed by atoms with Crippen molar-refractivity contribution >= 4 is 40.1 Å². The Morgan fingerprint density at radius 1 is 1.03 bits per heavy atom. The molecule has 6 nitrogen and oxygen atoms in total. The zero-order chi connectivity index (χ0) is 23.5. The fourth-order valence-electron chi connectivity index (χ4n) is 4.35. The SMILES string of the molecule is Cc1cc(NC(=O)c2ccccc2CSc2nc3ccccc3[nH]2)ccc1N1CCN(C)CC1. The van der Waals surface area contributed by atoms with E-state index in [0.29, 0.717) is 11.3 Å². The van der Waals surface area contributed by atoms with E-state index in [1.807, 2.05) is 54.6 Å². The molecule has 1 saturated heterocycles. The second-order valence-corrected chi connectivity index (χ2v) is 9.71. The number of anilines is 2. The van der Waals surface area contributed by atoms with Crippen molar-refractivity contribution in [2.75, 3.05) is 43.4 Å². The van der Waals surface area contributed by atoms with Gasteiger partial charge in [-0.3, -0.25) is 4.79 Å². The molecule has 4 aromatic rings. The van der Waals surface area contributed by atoms with Gasteiger partial charge in [-0.15, -0.1) is 0 Å². The molecular formula is C27H29N5OS. The average molecular weight is 472 g/mol. The first-order valence-electron chi connectivity index (χ1n) is 11.6. The fraction of sp³-hybridized carbons (Fsp3) is 0.259. The number of carbonyl (C=O) groups is 1. The summed E-state index contributed by atoms with van der Waals surface area (Å²) < 4.78 is 0. The van der Waals surface area contributed by atoms with Gasteiger partial charge in [0.25, 0.3) is 5.91 Å². The quantitative estimate of drug-likeness (QED) is 0.380. The number of H-pyrrole nitrogens is 1. The monoisotopic (exact) mass is 471 g/mol. The molecule has 7 heteroatoms. The van der Waals surface area contributed by atoms with Gasteiger partial charge >= 0.3 is 0 Å². The Hall–Kier alpha value is -3.29. The summed E-state index contributed by atoms with van der Waals surface area (Å²) in [6.07, 6.45) is 0. The maximum absolute atomic E-state index is 13.2. The van der Waals surface area contributed by atoms with Crippen molar-refractivity contribution in [3.8, 4) is 0 Å². The number of thioether (sulfide) groups is 1. The van der Waals surface area contributed by atoms with Crippen LogP contribution in [0.5, 0.6) is 0 Å². The molecule has 0 bridgehead atoms. The molecule has 0 unspecified atom stereocenters. The maximum atomic E-state index is 13.2. The molecule has 0 radical (unpaired) electrons. The Bertz CT molecular complexity index is 1280. The van der Waals surface area contributed by atoms with Crippen LogP contribution in [0.4, 0.5) is 11.4 Å². The molecule has 0 atom stereocenters. The van der Waals surface area contributed by atoms with E-state index in [0.717, 1.165) is 53.6 Å². The van der Waals surface area contributed by atoms with E-state index in [-0.39, 0.29) is 5.91 Å². The second kappa shape index (κ2) is 9.91. The van der Waals surface area contributed by atoms with E-state index in [4.69, 9.17) is 0 Å². The standard InChI is InChI=1S/C27H29N5OS/c1-19-17-21(11-12-25(19)32-15-13-31(2)14-16-32)28-26(33)22-8-4-3-7-20(22)18-34-27-29-23-9-5-6-10-24(23)30-27/h3-12,17H,13-16,18H2,1-2H3,(H,28,33)(H,29,30). The lowest BCUT2D eigenvalue weighted by molar-refractivity contribution is 0.102. The zero-order valence-electron chi connectivity index (χ0n) is 19.5. The van der Waals surface area contributed by atoms with E-state index in [2.05, 4.69) is 51.2 Å². The van der Waals surface area contributed by atoms with Crippen molar-refractivity contribution < 1.29 is 4.79 Å². The lowest BCUT2D eigenvalue weighted by atomic mass is 10.1. The molecule has 0 aliphatic carbocycles. The van der Waals surface area contributed by atoms with Gasteiger partial charge in [-0.1, -0.05) is 42.1 Å². The Morgan fingerprint density at radius 3 is 2.59 bits per heavy atom. The number of nitrogens with one attached hydrogen (secondary N) is 2. The normalized spacial score (nSPS) is 14.5. The summed E-state index contributed by atoms with van der Waals surface area (Å²) >= 11 is 1.60. The van der Waals surface area contributed by atoms with Crippen LogP contribution in [-0.2, 0) is 5.75 Å². The first-order valence-corrected chi connectivity index (χ1v) is 12.6. The van der Waals surface area contributed by atoms with E-state index in [1.54, 1.807) is 11.8 Å². The lowest BCUT2D eigenvalue weighted by Crippen LogP contribution is -2.44. The number of aryl methyl sites for hydroxylation is 1. The van der Waals surface area contributed by atoms with E-state index < -0.39 is 0 Å². The molecule has 174 valence electrons. The van der Waals surface area contributed by atoms with Crippen LogP contribution in [0.3, 0.4) is 0 Å². The molecule has 3 aromatic carbocycles. The number of aromatic amines is 1. The minimum Gasteiger partial charge on any atom is -0.369 e. The number of imidazole rings is 1. The number of amides is 1. The number of aromatic nitrogens is 2. The van der Waals surface area contributed by atoms with E-state index in [9.17, 15) is 4.79 Å². The predicted octanol–water partition coefficient (Wildman–Crippen LogP) is 5.17. The number of benzene rings is 3. The molecule has 0 saturated carbocycles. The first-order chi connectivity index (χ1) is 16.6. The smallest absolute Gasteiger partial charge is 0.255 e. The van der Waals surface area contributed by atoms with Gasteiger partial charge in [-0.25, -0.2) is 4.98 Å². The molecule has 1 aromatic heterocycles. The van der Waals surface area contributed by atoms with E-state index in [1.165, 1.54) is 11.3 Å². The zero-order valence-corrected chi connectivity index (χ0v) is 20.4. The number of piperazine rings is 1. The van der Waals surface area contributed by atoms with Gasteiger partial charge in [0.15, 0.2) is 5.16 Å². The Labute approximate surface area is 204 Å². The number of carbonyl (C=O) groups excluding carboxylic acids is 1. The van der Waals surface area contributed by atoms with Crippen molar-refractivity contribution in [1.29, 1.82) is 0 Å². The fourth-order valence-corrected chi connectivity index (χ4v) is 5.23. The van der Waals surface area contributed by atoms with Crippen molar-refractivity contribution in [1.82, 2.24) is 14.9 Å². The topological polar surface area (TPSA) is 64.3 Å². The summed E-state index contributed by atoms with van der Waals surface area (Å²) in [6, 6.07) is 22.0. The van der Waals surface area contributed by atoms with Gasteiger partial charge < -0.3 is 20.1 Å². The van der Waals surface area contributed by atoms with Crippen LogP contribution in [-0.4, -0.2) is 54.0 Å². The highest BCUT2D eigenvalue weighted by Crippen LogP contribution is 2.27. The third kappa shape index (κ3) is 4.95. The second-order valence-electron chi connectivity index (χ2n) is 8.75. The number of hydrogen-bond acceptors (Lipinski definition) is 5. The highest BCUT2D eigenvalue weighted by molar-refractivity contribution is 7.98. The van der Waals surface area contributed by atoms with Gasteiger partial charge in [-0.2, -0.15) is 0 Å². The van der Waals surface area contributed by atoms with Gasteiger partial charge in [0.05, 0.1) is 11.0 Å². The summed E-state index contributed by atoms with van der Waals surface area (Å²) in [6.45, 7) is 6.31. The van der Waals surface area contributed by atoms with Crippen molar-refractivity contribution in [2.45, 2.75) is 17.8 Å². The number of nitrogens with zero attached hydrogens (tertiary/aromatic N) is 3. The summed E-state index contributed by atoms with van der Waals surface area (Å²) in [7, 11) is 2.16. The minimum absolute atomic E-state index is 0.0902. The molecule has 1 aliphatic rings. The number of hydrogen-bond donors (Lipinski definition) is 2. The Kier molecular flexibility index (Phi) is 6.56. The number of likely N-dealkylation sites (N-methyl/N-ethyl adjacent to an activating group) is 1. The van der Waals surface area contributed by atoms with Crippen LogP contribution < -0.4 is 10.2 Å². The Balaban J connectivity index is 1.27. The third-order valence-corrected chi connectivity index (χ3v) is 7.21. The predicted molar refractivity (Wildman–Crippen MR) is 141 cm³/mol. The lowest BCUT2D eigenvalue weighted by Gasteiger charge is -2.35. The number of fused-ring (bicyclic) bond motifs is 1. The van der Waals surface area contributed by atoms with Crippen molar-refractivity contribution in [3.63, 3.8) is 0 Å². The molecular weight excluding hydrogens is 442 g/mol. The van der Waals surface area contributed by atoms with Gasteiger partial charge in [-0.05, 0) is 61.5 Å². The summed E-state index contributed by atoms with van der Waals surface area (Å²) in [4.78, 5) is 25.9. The molecule has 2 heterocycles. The van der Waals surface area contributed by atoms with Crippen molar-refractivity contribution in [2.24, 2.45) is 0 Å². The third-order valence-electron chi connectivity index (χ3n) is 6.29. The molecule has 5 rings (SSSR count). The van der Waals surface area contributed by atoms with Crippen LogP contribution in [0.15, 0.2) is 71.9 Å². The van der Waals surface area contributed by atoms with Crippen molar-refractivity contribution in [3.05, 3.63) is 83.4 Å². The van der Waals surface area contributed by atoms with Crippen LogP contribution in [0.25, 0.3) is 11.0 Å². The molecule has 1 amide bonds. The highest BCUT2D eigenvalue weighted by atomic mass is 32.2. The summed E-state index contributed by atoms with van der Waals surface area (Å²) in [5.41, 5.74) is 6.88. The van der Waals surface area contributed by atoms with Gasteiger partial charge in [0.1, 0.15) is 0 Å². The van der Waals surface area contributed by atoms with Crippen LogP contribution >= 0.6 is 11.8 Å². The number of rotatable bonds is 6. The maximum Gasteiger partial charge on any atom is 0.255 e. The summed E-state index contributed by atoms with van der Waals surface area (Å²) in [5, 5.41) is 3.95. The molecule has 0 spiro atoms. The van der Waals surface area contributed by atoms with Crippen LogP contribution in [0, 0.1) is 6.92 Å². The molecule has 2 N–H and O–H groups in total. The first kappa shape index (κ1) is 22.5. The van der Waals surface area contributed by atoms with Crippen LogP contribution in [0.2, 0.25) is 0 Å². The molecule has 1 fully saturated rings. The average Bonchev–Trinajstić information content (AvgIpc) is 3.27. The number of para-hydroxylation sites is 2. The molecule has 1 aliphatic heterocycles. The van der Waals surface area contributed by atoms with E-state index >= 15 is 0 Å². The van der Waals surface area contributed by atoms with Gasteiger partial charge in [0.2, 0.25) is 0 Å². The highest BCUT2D eigenvalue weighted by Gasteiger charge is 2.17. The van der Waals surface area contributed by atoms with Crippen LogP contribution in [0.1, 0.15) is 21.5 Å². The summed E-state index contributed by atoms with van der Waals surface area (Å²) in [5.74, 6) is 0.567. The Morgan fingerprint density at radius 2 is 1.79 bits per heavy atom.